The van der Waals surface area contributed by atoms with Gasteiger partial charge in [0, 0.05) is 7.05 Å². The van der Waals surface area contributed by atoms with Crippen LogP contribution in [0.3, 0.4) is 0 Å². The van der Waals surface area contributed by atoms with E-state index < -0.39 is 15.8 Å². The van der Waals surface area contributed by atoms with Gasteiger partial charge in [0.05, 0.1) is 17.1 Å². The molecule has 0 unspecified atom stereocenters. The SMILES string of the molecule is CN1C(=O)CN(S(=O)(=O)Cc2ccc(F)cc2)c2ccccc21. The summed E-state index contributed by atoms with van der Waals surface area (Å²) < 4.78 is 39.5. The summed E-state index contributed by atoms with van der Waals surface area (Å²) in [6.45, 7) is -0.239. The van der Waals surface area contributed by atoms with Crippen LogP contribution >= 0.6 is 0 Å². The summed E-state index contributed by atoms with van der Waals surface area (Å²) in [5.41, 5.74) is 1.48. The molecule has 23 heavy (non-hydrogen) atoms. The van der Waals surface area contributed by atoms with Crippen LogP contribution in [0, 0.1) is 5.82 Å². The number of anilines is 2. The molecule has 0 aromatic heterocycles. The quantitative estimate of drug-likeness (QED) is 0.864. The highest BCUT2D eigenvalue weighted by atomic mass is 32.2. The highest BCUT2D eigenvalue weighted by molar-refractivity contribution is 7.92. The first kappa shape index (κ1) is 15.5. The first-order chi connectivity index (χ1) is 10.9. The summed E-state index contributed by atoms with van der Waals surface area (Å²) in [7, 11) is -2.14. The van der Waals surface area contributed by atoms with Gasteiger partial charge in [-0.1, -0.05) is 24.3 Å². The molecule has 0 saturated heterocycles. The molecule has 0 N–H and O–H groups in total. The average Bonchev–Trinajstić information content (AvgIpc) is 2.53. The van der Waals surface area contributed by atoms with E-state index in [0.717, 1.165) is 4.31 Å². The highest BCUT2D eigenvalue weighted by Crippen LogP contribution is 2.34. The Morgan fingerprint density at radius 3 is 2.30 bits per heavy atom. The lowest BCUT2D eigenvalue weighted by Gasteiger charge is -2.34. The predicted molar refractivity (Wildman–Crippen MR) is 86.2 cm³/mol. The van der Waals surface area contributed by atoms with Gasteiger partial charge in [0.1, 0.15) is 12.4 Å². The molecule has 2 aromatic rings. The van der Waals surface area contributed by atoms with Gasteiger partial charge < -0.3 is 4.90 Å². The highest BCUT2D eigenvalue weighted by Gasteiger charge is 2.33. The second-order valence-corrected chi connectivity index (χ2v) is 7.22. The number of carbonyl (C=O) groups excluding carboxylic acids is 1. The second kappa shape index (κ2) is 5.66. The number of rotatable bonds is 3. The number of hydrogen-bond acceptors (Lipinski definition) is 3. The van der Waals surface area contributed by atoms with Gasteiger partial charge in [0.25, 0.3) is 0 Å². The molecule has 2 aromatic carbocycles. The van der Waals surface area contributed by atoms with Gasteiger partial charge >= 0.3 is 0 Å². The van der Waals surface area contributed by atoms with Crippen LogP contribution in [0.15, 0.2) is 48.5 Å². The zero-order valence-corrected chi connectivity index (χ0v) is 13.3. The summed E-state index contributed by atoms with van der Waals surface area (Å²) >= 11 is 0. The number of fused-ring (bicyclic) bond motifs is 1. The molecule has 1 aliphatic rings. The molecule has 0 radical (unpaired) electrons. The minimum absolute atomic E-state index is 0.239. The van der Waals surface area contributed by atoms with E-state index in [1.807, 2.05) is 0 Å². The Morgan fingerprint density at radius 1 is 1.04 bits per heavy atom. The van der Waals surface area contributed by atoms with Crippen LogP contribution in [0.5, 0.6) is 0 Å². The van der Waals surface area contributed by atoms with Gasteiger partial charge in [0.2, 0.25) is 15.9 Å². The van der Waals surface area contributed by atoms with Crippen molar-refractivity contribution in [3.8, 4) is 0 Å². The molecule has 3 rings (SSSR count). The lowest BCUT2D eigenvalue weighted by molar-refractivity contribution is -0.117. The first-order valence-corrected chi connectivity index (χ1v) is 8.60. The fourth-order valence-corrected chi connectivity index (χ4v) is 4.06. The van der Waals surface area contributed by atoms with Crippen molar-refractivity contribution in [1.82, 2.24) is 0 Å². The number of halogens is 1. The van der Waals surface area contributed by atoms with Crippen LogP contribution in [0.2, 0.25) is 0 Å². The molecule has 0 atom stereocenters. The Morgan fingerprint density at radius 2 is 1.65 bits per heavy atom. The lowest BCUT2D eigenvalue weighted by Crippen LogP contribution is -2.46. The third kappa shape index (κ3) is 2.92. The van der Waals surface area contributed by atoms with Crippen LogP contribution in [-0.4, -0.2) is 27.9 Å². The number of amides is 1. The molecule has 7 heteroatoms. The molecule has 1 heterocycles. The molecule has 0 saturated carbocycles. The van der Waals surface area contributed by atoms with Gasteiger partial charge in [-0.05, 0) is 29.8 Å². The van der Waals surface area contributed by atoms with Crippen molar-refractivity contribution >= 4 is 27.3 Å². The van der Waals surface area contributed by atoms with Gasteiger partial charge in [-0.15, -0.1) is 0 Å². The number of nitrogens with zero attached hydrogens (tertiary/aromatic N) is 2. The van der Waals surface area contributed by atoms with Crippen molar-refractivity contribution in [1.29, 1.82) is 0 Å². The third-order valence-electron chi connectivity index (χ3n) is 3.76. The van der Waals surface area contributed by atoms with Crippen LogP contribution in [0.1, 0.15) is 5.56 Å². The van der Waals surface area contributed by atoms with Crippen molar-refractivity contribution in [3.05, 3.63) is 59.9 Å². The van der Waals surface area contributed by atoms with Crippen LogP contribution in [0.4, 0.5) is 15.8 Å². The Balaban J connectivity index is 1.98. The molecule has 0 bridgehead atoms. The predicted octanol–water partition coefficient (Wildman–Crippen LogP) is 2.14. The number of para-hydroxylation sites is 2. The van der Waals surface area contributed by atoms with E-state index in [9.17, 15) is 17.6 Å². The first-order valence-electron chi connectivity index (χ1n) is 6.99. The van der Waals surface area contributed by atoms with Crippen LogP contribution < -0.4 is 9.21 Å². The molecule has 0 spiro atoms. The number of sulfonamides is 1. The van der Waals surface area contributed by atoms with Crippen molar-refractivity contribution in [2.24, 2.45) is 0 Å². The van der Waals surface area contributed by atoms with Gasteiger partial charge in [0.15, 0.2) is 0 Å². The minimum atomic E-state index is -3.76. The van der Waals surface area contributed by atoms with E-state index >= 15 is 0 Å². The third-order valence-corrected chi connectivity index (χ3v) is 5.46. The zero-order chi connectivity index (χ0) is 16.6. The van der Waals surface area contributed by atoms with E-state index in [1.54, 1.807) is 31.3 Å². The summed E-state index contributed by atoms with van der Waals surface area (Å²) in [5, 5.41) is 0. The number of hydrogen-bond donors (Lipinski definition) is 0. The Bertz CT molecular complexity index is 850. The maximum Gasteiger partial charge on any atom is 0.247 e. The van der Waals surface area contributed by atoms with Crippen LogP contribution in [-0.2, 0) is 20.6 Å². The minimum Gasteiger partial charge on any atom is -0.312 e. The van der Waals surface area contributed by atoms with Crippen molar-refractivity contribution in [2.45, 2.75) is 5.75 Å². The molecule has 120 valence electrons. The summed E-state index contributed by atoms with van der Waals surface area (Å²) in [6, 6.07) is 12.1. The number of carbonyl (C=O) groups is 1. The Hall–Kier alpha value is -2.41. The van der Waals surface area contributed by atoms with Crippen molar-refractivity contribution in [3.63, 3.8) is 0 Å². The summed E-state index contributed by atoms with van der Waals surface area (Å²) in [6.07, 6.45) is 0. The number of benzene rings is 2. The monoisotopic (exact) mass is 334 g/mol. The molecule has 1 amide bonds. The Kier molecular flexibility index (Phi) is 3.81. The van der Waals surface area contributed by atoms with E-state index in [1.165, 1.54) is 29.2 Å². The smallest absolute Gasteiger partial charge is 0.247 e. The standard InChI is InChI=1S/C16H15FN2O3S/c1-18-14-4-2-3-5-15(14)19(10-16(18)20)23(21,22)11-12-6-8-13(17)9-7-12/h2-9H,10-11H2,1H3. The number of likely N-dealkylation sites (N-methyl/N-ethyl adjacent to an activating group) is 1. The van der Waals surface area contributed by atoms with E-state index in [-0.39, 0.29) is 18.2 Å². The largest absolute Gasteiger partial charge is 0.312 e. The van der Waals surface area contributed by atoms with Crippen LogP contribution in [0.25, 0.3) is 0 Å². The normalized spacial score (nSPS) is 14.8. The fraction of sp³-hybridized carbons (Fsp3) is 0.188. The molecule has 1 aliphatic heterocycles. The van der Waals surface area contributed by atoms with Gasteiger partial charge in [-0.3, -0.25) is 9.10 Å². The molecular formula is C16H15FN2O3S. The van der Waals surface area contributed by atoms with Crippen molar-refractivity contribution < 1.29 is 17.6 Å². The molecule has 0 aliphatic carbocycles. The van der Waals surface area contributed by atoms with E-state index in [2.05, 4.69) is 0 Å². The average molecular weight is 334 g/mol. The summed E-state index contributed by atoms with van der Waals surface area (Å²) in [4.78, 5) is 13.5. The van der Waals surface area contributed by atoms with Crippen molar-refractivity contribution in [2.75, 3.05) is 22.8 Å². The molecular weight excluding hydrogens is 319 g/mol. The Labute approximate surface area is 134 Å². The zero-order valence-electron chi connectivity index (χ0n) is 12.4. The van der Waals surface area contributed by atoms with Gasteiger partial charge in [-0.2, -0.15) is 0 Å². The maximum absolute atomic E-state index is 13.0. The summed E-state index contributed by atoms with van der Waals surface area (Å²) in [5.74, 6) is -1.02. The molecule has 5 nitrogen and oxygen atoms in total. The van der Waals surface area contributed by atoms with Gasteiger partial charge in [-0.25, -0.2) is 12.8 Å². The molecule has 0 fully saturated rings. The topological polar surface area (TPSA) is 57.7 Å². The fourth-order valence-electron chi connectivity index (χ4n) is 2.52. The maximum atomic E-state index is 13.0. The van der Waals surface area contributed by atoms with E-state index in [0.29, 0.717) is 16.9 Å². The van der Waals surface area contributed by atoms with E-state index in [4.69, 9.17) is 0 Å². The lowest BCUT2D eigenvalue weighted by atomic mass is 10.2. The second-order valence-electron chi connectivity index (χ2n) is 5.33.